The summed E-state index contributed by atoms with van der Waals surface area (Å²) < 4.78 is 63.9. The Kier molecular flexibility index (Phi) is 28.3. The van der Waals surface area contributed by atoms with Crippen molar-refractivity contribution in [3.8, 4) is 0 Å². The van der Waals surface area contributed by atoms with Gasteiger partial charge in [-0.05, 0) is 114 Å². The maximum atomic E-state index is 12.5. The minimum atomic E-state index is -1.13. The van der Waals surface area contributed by atoms with Gasteiger partial charge < -0.3 is 106 Å². The Hall–Kier alpha value is -10.4. The molecular weight excluding hydrogens is 1740 g/mol. The van der Waals surface area contributed by atoms with Crippen LogP contribution in [0.5, 0.6) is 0 Å². The molecule has 4 spiro atoms. The van der Waals surface area contributed by atoms with E-state index in [1.807, 2.05) is 67.3 Å². The van der Waals surface area contributed by atoms with Crippen LogP contribution in [-0.4, -0.2) is 222 Å². The number of anilines is 4. The molecule has 131 heavy (non-hydrogen) atoms. The molecule has 5 N–H and O–H groups in total. The molecule has 12 aromatic rings. The van der Waals surface area contributed by atoms with Gasteiger partial charge in [0.05, 0.1) is 83.5 Å². The van der Waals surface area contributed by atoms with Gasteiger partial charge in [-0.1, -0.05) is 99.2 Å². The molecular formula is C88H119LiN20O18Si4. The second kappa shape index (κ2) is 38.3. The van der Waals surface area contributed by atoms with Crippen molar-refractivity contribution < 1.29 is 106 Å². The average Bonchev–Trinajstić information content (AvgIpc) is 1.57. The number of aromatic nitrogens is 16. The zero-order chi connectivity index (χ0) is 90.0. The van der Waals surface area contributed by atoms with Crippen LogP contribution >= 0.6 is 0 Å². The van der Waals surface area contributed by atoms with Crippen molar-refractivity contribution in [1.29, 1.82) is 0 Å². The Balaban J connectivity index is 0.000000140. The van der Waals surface area contributed by atoms with E-state index in [9.17, 15) is 29.4 Å². The molecule has 38 nitrogen and oxygen atoms in total. The summed E-state index contributed by atoms with van der Waals surface area (Å²) in [5.41, 5.74) is 7.80. The number of hydrogen-bond donors (Lipinski definition) is 2. The second-order valence-electron chi connectivity index (χ2n) is 40.2. The largest absolute Gasteiger partial charge is 1.00 e. The molecule has 16 heterocycles. The van der Waals surface area contributed by atoms with E-state index in [0.717, 1.165) is 230 Å². The number of carboxylic acid groups (broad SMARTS) is 2. The standard InChI is InChI=1S/2C23H31N5O4Si.2C21H27N5O4Si.Li.2H2O/c1-5-31-22(29)18-17-12-28(13-23(7-8-23)19(17)26-32-18)21-16-6-9-27(20(16)24-14-25-21)15-30-10-11-33(2,3)4;1-5-31-22(29)18-17-12-28(13-23(7-8-23)19(17)32-26-18)21-16-6-9-27(20(16)24-14-25-21)15-30-10-11-33(2,3)4;1-31(2,3)9-8-29-13-25-7-4-14-18(25)22-12-23-19(14)26-10-15-16(20(27)28)30-24-17(15)21(11-26)5-6-21;1-31(2,3)9-8-29-13-25-7-4-14-18(25)22-12-23-19(14)26-10-15-16(20(27)28)24-30-17(15)21(11-26)5-6-21;;;/h2*6,9,14H,5,7-8,10-13,15H2,1-4H3;2*4,7,12H,5-6,8-11,13H2,1-3H3,(H,27,28);;2*1H2/q;;;;+1;;/p-1. The summed E-state index contributed by atoms with van der Waals surface area (Å²) in [5, 5.41) is 39.2. The molecule has 4 aliphatic carbocycles. The van der Waals surface area contributed by atoms with Gasteiger partial charge in [-0.25, -0.2) is 59.0 Å². The molecule has 0 saturated heterocycles. The van der Waals surface area contributed by atoms with Crippen LogP contribution in [0, 0.1) is 0 Å². The van der Waals surface area contributed by atoms with E-state index in [-0.39, 0.29) is 74.4 Å². The van der Waals surface area contributed by atoms with Crippen molar-refractivity contribution in [1.82, 2.24) is 78.8 Å². The summed E-state index contributed by atoms with van der Waals surface area (Å²) in [4.78, 5) is 93.3. The Morgan fingerprint density at radius 3 is 0.977 bits per heavy atom. The smallest absolute Gasteiger partial charge is 0.870 e. The molecule has 4 fully saturated rings. The van der Waals surface area contributed by atoms with E-state index in [1.165, 1.54) is 0 Å². The summed E-state index contributed by atoms with van der Waals surface area (Å²) in [6.45, 7) is 42.0. The van der Waals surface area contributed by atoms with Crippen molar-refractivity contribution >= 4 is 124 Å². The number of esters is 2. The summed E-state index contributed by atoms with van der Waals surface area (Å²) >= 11 is 0. The number of carbonyl (C=O) groups is 4. The fourth-order valence-electron chi connectivity index (χ4n) is 17.6. The number of nitrogens with zero attached hydrogens (tertiary/aromatic N) is 20. The molecule has 8 aliphatic rings. The Morgan fingerprint density at radius 1 is 0.382 bits per heavy atom. The number of carboxylic acids is 2. The van der Waals surface area contributed by atoms with E-state index in [4.69, 9.17) is 46.5 Å². The van der Waals surface area contributed by atoms with Crippen molar-refractivity contribution in [2.45, 2.75) is 243 Å². The summed E-state index contributed by atoms with van der Waals surface area (Å²) in [5.74, 6) is 2.00. The number of ether oxygens (including phenoxy) is 6. The molecule has 0 amide bonds. The van der Waals surface area contributed by atoms with Gasteiger partial charge in [0.2, 0.25) is 11.5 Å². The van der Waals surface area contributed by atoms with Crippen LogP contribution in [0.3, 0.4) is 0 Å². The quantitative estimate of drug-likeness (QED) is 0.0240. The molecule has 12 aromatic heterocycles. The fourth-order valence-corrected chi connectivity index (χ4v) is 20.6. The molecule has 0 radical (unpaired) electrons. The maximum absolute atomic E-state index is 12.5. The molecule has 20 rings (SSSR count). The Labute approximate surface area is 774 Å². The predicted molar refractivity (Wildman–Crippen MR) is 492 cm³/mol. The molecule has 0 unspecified atom stereocenters. The fraction of sp³-hybridized carbons (Fsp3) is 0.545. The minimum Gasteiger partial charge on any atom is -0.870 e. The van der Waals surface area contributed by atoms with Gasteiger partial charge in [0.25, 0.3) is 0 Å². The zero-order valence-corrected chi connectivity index (χ0v) is 81.6. The zero-order valence-electron chi connectivity index (χ0n) is 77.6. The summed E-state index contributed by atoms with van der Waals surface area (Å²) in [6.07, 6.45) is 22.2. The molecule has 0 atom stereocenters. The van der Waals surface area contributed by atoms with E-state index >= 15 is 0 Å². The molecule has 0 bridgehead atoms. The third-order valence-corrected chi connectivity index (χ3v) is 32.3. The van der Waals surface area contributed by atoms with Crippen molar-refractivity contribution in [3.63, 3.8) is 0 Å². The van der Waals surface area contributed by atoms with Crippen molar-refractivity contribution in [2.75, 3.05) is 85.4 Å². The predicted octanol–water partition coefficient (Wildman–Crippen LogP) is 10.9. The number of fused-ring (bicyclic) bond motifs is 12. The second-order valence-corrected chi connectivity index (χ2v) is 62.7. The number of carbonyl (C=O) groups excluding carboxylic acids is 2. The molecule has 696 valence electrons. The minimum absolute atomic E-state index is 0. The number of rotatable bonds is 30. The first-order valence-corrected chi connectivity index (χ1v) is 59.3. The van der Waals surface area contributed by atoms with Gasteiger partial charge >= 0.3 is 42.7 Å². The topological polar surface area (TPSA) is 466 Å². The molecule has 0 aromatic carbocycles. The van der Waals surface area contributed by atoms with Gasteiger partial charge in [0.15, 0.2) is 22.9 Å². The van der Waals surface area contributed by atoms with Gasteiger partial charge in [-0.15, -0.1) is 0 Å². The average molecular weight is 1860 g/mol. The van der Waals surface area contributed by atoms with Gasteiger partial charge in [-0.3, -0.25) is 0 Å². The van der Waals surface area contributed by atoms with Crippen LogP contribution in [0.25, 0.3) is 44.1 Å². The molecule has 4 saturated carbocycles. The molecule has 43 heteroatoms. The van der Waals surface area contributed by atoms with Crippen molar-refractivity contribution in [3.05, 3.63) is 142 Å². The van der Waals surface area contributed by atoms with E-state index < -0.39 is 56.2 Å². The number of aromatic carboxylic acids is 2. The van der Waals surface area contributed by atoms with Crippen LogP contribution < -0.4 is 38.5 Å². The van der Waals surface area contributed by atoms with E-state index in [1.54, 1.807) is 39.2 Å². The van der Waals surface area contributed by atoms with Gasteiger partial charge in [0, 0.05) is 142 Å². The monoisotopic (exact) mass is 1860 g/mol. The Bertz CT molecular complexity index is 5750. The van der Waals surface area contributed by atoms with Crippen LogP contribution in [0.2, 0.25) is 103 Å². The summed E-state index contributed by atoms with van der Waals surface area (Å²) in [6, 6.07) is 12.6. The first-order valence-electron chi connectivity index (χ1n) is 44.4. The third-order valence-electron chi connectivity index (χ3n) is 25.5. The van der Waals surface area contributed by atoms with Crippen molar-refractivity contribution in [2.24, 2.45) is 0 Å². The van der Waals surface area contributed by atoms with Crippen LogP contribution in [0.15, 0.2) is 92.5 Å². The van der Waals surface area contributed by atoms with Crippen LogP contribution in [-0.2, 0) is 103 Å². The maximum Gasteiger partial charge on any atom is 1.00 e. The van der Waals surface area contributed by atoms with Gasteiger partial charge in [0.1, 0.15) is 98.1 Å². The number of hydrogen-bond acceptors (Lipinski definition) is 31. The summed E-state index contributed by atoms with van der Waals surface area (Å²) in [7, 11) is -4.51. The van der Waals surface area contributed by atoms with Crippen LogP contribution in [0.4, 0.5) is 23.3 Å². The molecule has 4 aliphatic heterocycles. The van der Waals surface area contributed by atoms with E-state index in [2.05, 4.69) is 159 Å². The van der Waals surface area contributed by atoms with Crippen LogP contribution in [0.1, 0.15) is 152 Å². The normalized spacial score (nSPS) is 16.7. The first-order chi connectivity index (χ1) is 61.2. The SMILES string of the molecule is CCOC(=O)c1noc2c1CN(c1ncnc3c1ccn3COCC[Si](C)(C)C)CC21CC1.CCOC(=O)c1onc2c1CN(c1ncnc3c1ccn3COCC[Si](C)(C)C)CC21CC1.C[Si](C)(C)CCOCn1ccc2c(N3Cc4c(C(=O)O)noc4C4(CC4)C3)ncnc21.C[Si](C)(C)CCOCn1ccc2c(N3Cc4c(noc4C(=O)O)C4(CC4)C3)ncnc21.O.[Li+].[OH-]. The Morgan fingerprint density at radius 2 is 0.672 bits per heavy atom. The van der Waals surface area contributed by atoms with E-state index in [0.29, 0.717) is 77.4 Å². The third kappa shape index (κ3) is 20.6. The first kappa shape index (κ1) is 96.7. The van der Waals surface area contributed by atoms with Gasteiger partial charge in [-0.2, -0.15) is 0 Å².